The fourth-order valence-corrected chi connectivity index (χ4v) is 5.20. The number of hydrogen-bond donors (Lipinski definition) is 1. The molecule has 0 radical (unpaired) electrons. The van der Waals surface area contributed by atoms with Gasteiger partial charge in [0.1, 0.15) is 21.8 Å². The molecule has 1 amide bonds. The van der Waals surface area contributed by atoms with E-state index in [0.717, 1.165) is 37.0 Å². The SMILES string of the molecule is COc1ccc(C(=NOC(C)(C)C)C2CCC(N(C)c3c(C(N)=O)c(=O)n(C)c4ccc(Cl)nc34)CC2)cn1. The quantitative estimate of drug-likeness (QED) is 0.262. The van der Waals surface area contributed by atoms with Crippen molar-refractivity contribution in [1.29, 1.82) is 0 Å². The normalized spacial score (nSPS) is 18.2. The van der Waals surface area contributed by atoms with Gasteiger partial charge in [-0.2, -0.15) is 0 Å². The van der Waals surface area contributed by atoms with Crippen LogP contribution in [0, 0.1) is 5.92 Å². The molecule has 0 unspecified atom stereocenters. The van der Waals surface area contributed by atoms with Crippen molar-refractivity contribution < 1.29 is 14.4 Å². The van der Waals surface area contributed by atoms with Crippen molar-refractivity contribution in [2.45, 2.75) is 58.1 Å². The smallest absolute Gasteiger partial charge is 0.265 e. The van der Waals surface area contributed by atoms with Crippen molar-refractivity contribution in [3.63, 3.8) is 0 Å². The molecule has 11 heteroatoms. The van der Waals surface area contributed by atoms with Crippen LogP contribution in [0.5, 0.6) is 5.88 Å². The number of aryl methyl sites for hydroxylation is 1. The third-order valence-corrected chi connectivity index (χ3v) is 7.28. The number of nitrogens with zero attached hydrogens (tertiary/aromatic N) is 5. The number of carbonyl (C=O) groups excluding carboxylic acids is 1. The summed E-state index contributed by atoms with van der Waals surface area (Å²) in [4.78, 5) is 42.3. The highest BCUT2D eigenvalue weighted by Crippen LogP contribution is 2.36. The highest BCUT2D eigenvalue weighted by atomic mass is 35.5. The number of anilines is 1. The summed E-state index contributed by atoms with van der Waals surface area (Å²) in [5, 5.41) is 4.84. The number of pyridine rings is 3. The maximum absolute atomic E-state index is 13.1. The van der Waals surface area contributed by atoms with Crippen LogP contribution < -0.4 is 20.9 Å². The highest BCUT2D eigenvalue weighted by Gasteiger charge is 2.32. The largest absolute Gasteiger partial charge is 0.481 e. The number of ether oxygens (including phenoxy) is 1. The van der Waals surface area contributed by atoms with Crippen LogP contribution >= 0.6 is 11.6 Å². The molecule has 1 fully saturated rings. The van der Waals surface area contributed by atoms with E-state index in [1.165, 1.54) is 4.57 Å². The Morgan fingerprint density at radius 2 is 1.87 bits per heavy atom. The second kappa shape index (κ2) is 11.2. The fourth-order valence-electron chi connectivity index (χ4n) is 5.06. The van der Waals surface area contributed by atoms with E-state index in [2.05, 4.69) is 15.1 Å². The first kappa shape index (κ1) is 28.4. The van der Waals surface area contributed by atoms with Crippen LogP contribution in [-0.4, -0.2) is 52.0 Å². The van der Waals surface area contributed by atoms with E-state index >= 15 is 0 Å². The van der Waals surface area contributed by atoms with Crippen molar-refractivity contribution >= 4 is 39.9 Å². The third-order valence-electron chi connectivity index (χ3n) is 7.07. The van der Waals surface area contributed by atoms with Gasteiger partial charge < -0.3 is 24.8 Å². The number of primary amides is 1. The lowest BCUT2D eigenvalue weighted by molar-refractivity contribution is -0.0000375. The molecule has 3 aromatic rings. The Kier molecular flexibility index (Phi) is 8.15. The lowest BCUT2D eigenvalue weighted by atomic mass is 9.80. The maximum atomic E-state index is 13.1. The van der Waals surface area contributed by atoms with Crippen LogP contribution in [0.3, 0.4) is 0 Å². The fraction of sp³-hybridized carbons (Fsp3) is 0.464. The first-order valence-electron chi connectivity index (χ1n) is 12.9. The van der Waals surface area contributed by atoms with Crippen molar-refractivity contribution in [2.24, 2.45) is 23.9 Å². The van der Waals surface area contributed by atoms with Gasteiger partial charge in [-0.15, -0.1) is 0 Å². The van der Waals surface area contributed by atoms with Gasteiger partial charge in [0.2, 0.25) is 5.88 Å². The molecule has 4 rings (SSSR count). The number of amides is 1. The number of carbonyl (C=O) groups is 1. The Bertz CT molecular complexity index is 1450. The van der Waals surface area contributed by atoms with Gasteiger partial charge in [-0.05, 0) is 64.7 Å². The molecule has 2 N–H and O–H groups in total. The standard InChI is InChI=1S/C28H35ClN6O4/c1-28(2,3)39-33-23(17-9-14-21(38-6)31-15-17)16-7-10-18(11-8-16)34(4)25-22(26(30)36)27(37)35(5)19-12-13-20(29)32-24(19)25/h9,12-16,18H,7-8,10-11H2,1-6H3,(H2,30,36). The second-order valence-electron chi connectivity index (χ2n) is 10.8. The molecule has 1 aliphatic carbocycles. The number of methoxy groups -OCH3 is 1. The molecule has 0 bridgehead atoms. The van der Waals surface area contributed by atoms with Gasteiger partial charge in [0.25, 0.3) is 11.5 Å². The lowest BCUT2D eigenvalue weighted by Crippen LogP contribution is -2.40. The number of fused-ring (bicyclic) bond motifs is 1. The molecular weight excluding hydrogens is 520 g/mol. The molecule has 39 heavy (non-hydrogen) atoms. The first-order chi connectivity index (χ1) is 18.4. The van der Waals surface area contributed by atoms with Crippen LogP contribution in [0.15, 0.2) is 40.4 Å². The Morgan fingerprint density at radius 1 is 1.18 bits per heavy atom. The minimum absolute atomic E-state index is 0.0363. The molecule has 0 saturated heterocycles. The van der Waals surface area contributed by atoms with E-state index in [9.17, 15) is 9.59 Å². The molecule has 3 aromatic heterocycles. The highest BCUT2D eigenvalue weighted by molar-refractivity contribution is 6.30. The van der Waals surface area contributed by atoms with Crippen molar-refractivity contribution in [2.75, 3.05) is 19.1 Å². The van der Waals surface area contributed by atoms with Gasteiger partial charge in [-0.3, -0.25) is 9.59 Å². The van der Waals surface area contributed by atoms with Gasteiger partial charge in [-0.1, -0.05) is 16.8 Å². The van der Waals surface area contributed by atoms with Gasteiger partial charge in [-0.25, -0.2) is 9.97 Å². The average Bonchev–Trinajstić information content (AvgIpc) is 2.90. The number of nitrogens with two attached hydrogens (primary N) is 1. The topological polar surface area (TPSA) is 125 Å². The molecule has 10 nitrogen and oxygen atoms in total. The molecule has 208 valence electrons. The minimum Gasteiger partial charge on any atom is -0.481 e. The molecular formula is C28H35ClN6O4. The van der Waals surface area contributed by atoms with Gasteiger partial charge in [0.05, 0.1) is 24.0 Å². The van der Waals surface area contributed by atoms with Crippen LogP contribution in [-0.2, 0) is 11.9 Å². The molecule has 0 spiro atoms. The lowest BCUT2D eigenvalue weighted by Gasteiger charge is -2.37. The van der Waals surface area contributed by atoms with Gasteiger partial charge >= 0.3 is 0 Å². The van der Waals surface area contributed by atoms with E-state index in [1.54, 1.807) is 32.5 Å². The molecule has 0 atom stereocenters. The van der Waals surface area contributed by atoms with Crippen molar-refractivity contribution in [1.82, 2.24) is 14.5 Å². The Morgan fingerprint density at radius 3 is 2.44 bits per heavy atom. The molecule has 3 heterocycles. The zero-order valence-corrected chi connectivity index (χ0v) is 24.0. The van der Waals surface area contributed by atoms with Crippen molar-refractivity contribution in [3.8, 4) is 5.88 Å². The summed E-state index contributed by atoms with van der Waals surface area (Å²) in [7, 11) is 5.05. The van der Waals surface area contributed by atoms with Gasteiger partial charge in [0.15, 0.2) is 0 Å². The summed E-state index contributed by atoms with van der Waals surface area (Å²) in [6, 6.07) is 7.14. The predicted octanol–water partition coefficient (Wildman–Crippen LogP) is 4.30. The van der Waals surface area contributed by atoms with Crippen molar-refractivity contribution in [3.05, 3.63) is 57.1 Å². The van der Waals surface area contributed by atoms with Crippen LogP contribution in [0.1, 0.15) is 62.4 Å². The second-order valence-corrected chi connectivity index (χ2v) is 11.2. The molecule has 0 aromatic carbocycles. The summed E-state index contributed by atoms with van der Waals surface area (Å²) < 4.78 is 6.60. The van der Waals surface area contributed by atoms with E-state index in [4.69, 9.17) is 26.9 Å². The summed E-state index contributed by atoms with van der Waals surface area (Å²) in [5.74, 6) is -0.133. The molecule has 1 aliphatic rings. The Hall–Kier alpha value is -3.66. The Labute approximate surface area is 232 Å². The number of aromatic nitrogens is 3. The minimum atomic E-state index is -0.796. The van der Waals surface area contributed by atoms with Crippen LogP contribution in [0.25, 0.3) is 11.0 Å². The number of halogens is 1. The van der Waals surface area contributed by atoms with E-state index < -0.39 is 17.1 Å². The molecule has 0 aliphatic heterocycles. The average molecular weight is 555 g/mol. The summed E-state index contributed by atoms with van der Waals surface area (Å²) in [6.45, 7) is 5.87. The van der Waals surface area contributed by atoms with Crippen LogP contribution in [0.4, 0.5) is 5.69 Å². The van der Waals surface area contributed by atoms with E-state index in [-0.39, 0.29) is 22.7 Å². The van der Waals surface area contributed by atoms with Gasteiger partial charge in [0, 0.05) is 43.9 Å². The Balaban J connectivity index is 1.65. The monoisotopic (exact) mass is 554 g/mol. The summed E-state index contributed by atoms with van der Waals surface area (Å²) >= 11 is 6.23. The zero-order chi connectivity index (χ0) is 28.5. The predicted molar refractivity (Wildman–Crippen MR) is 153 cm³/mol. The third kappa shape index (κ3) is 6.00. The van der Waals surface area contributed by atoms with Crippen LogP contribution in [0.2, 0.25) is 5.15 Å². The van der Waals surface area contributed by atoms with E-state index in [1.807, 2.05) is 44.9 Å². The maximum Gasteiger partial charge on any atom is 0.265 e. The summed E-state index contributed by atoms with van der Waals surface area (Å²) in [5.41, 5.74) is 7.89. The number of oxime groups is 1. The number of hydrogen-bond acceptors (Lipinski definition) is 8. The summed E-state index contributed by atoms with van der Waals surface area (Å²) in [6.07, 6.45) is 4.96. The molecule has 1 saturated carbocycles. The zero-order valence-electron chi connectivity index (χ0n) is 23.2. The first-order valence-corrected chi connectivity index (χ1v) is 13.3. The number of rotatable bonds is 7. The van der Waals surface area contributed by atoms with E-state index in [0.29, 0.717) is 22.6 Å².